The highest BCUT2D eigenvalue weighted by atomic mass is 79.9. The Kier molecular flexibility index (Phi) is 13.3. The Bertz CT molecular complexity index is 966. The molecule has 0 aliphatic heterocycles. The van der Waals surface area contributed by atoms with Crippen LogP contribution in [0.4, 0.5) is 26.3 Å². The Morgan fingerprint density at radius 2 is 1.30 bits per heavy atom. The lowest BCUT2D eigenvalue weighted by Gasteiger charge is -2.02. The van der Waals surface area contributed by atoms with Crippen molar-refractivity contribution < 1.29 is 50.3 Å². The van der Waals surface area contributed by atoms with Crippen LogP contribution in [0, 0.1) is 0 Å². The van der Waals surface area contributed by atoms with Crippen LogP contribution in [-0.4, -0.2) is 42.3 Å². The Morgan fingerprint density at radius 3 is 1.55 bits per heavy atom. The van der Waals surface area contributed by atoms with Crippen LogP contribution in [0.3, 0.4) is 0 Å². The Labute approximate surface area is 208 Å². The van der Waals surface area contributed by atoms with E-state index in [9.17, 15) is 45.5 Å². The molecule has 0 amide bonds. The van der Waals surface area contributed by atoms with E-state index in [0.29, 0.717) is 3.79 Å². The number of halogens is 8. The van der Waals surface area contributed by atoms with Gasteiger partial charge < -0.3 is 4.74 Å². The van der Waals surface area contributed by atoms with Crippen molar-refractivity contribution >= 4 is 77.9 Å². The number of alkyl halides is 6. The second-order valence-corrected chi connectivity index (χ2v) is 10.4. The highest BCUT2D eigenvalue weighted by molar-refractivity contribution is 9.11. The fraction of sp³-hybridized carbons (Fsp3) is 0.333. The number of carbonyl (C=O) groups is 4. The van der Waals surface area contributed by atoms with Gasteiger partial charge in [-0.1, -0.05) is 0 Å². The molecule has 0 radical (unpaired) electrons. The number of hydrogen-bond acceptors (Lipinski definition) is 7. The van der Waals surface area contributed by atoms with Crippen LogP contribution >= 0.6 is 54.5 Å². The average molecular weight is 648 g/mol. The summed E-state index contributed by atoms with van der Waals surface area (Å²) in [6.45, 7) is 2.63. The second kappa shape index (κ2) is 14.0. The molecule has 33 heavy (non-hydrogen) atoms. The largest absolute Gasteiger partial charge is 0.490 e. The predicted molar refractivity (Wildman–Crippen MR) is 117 cm³/mol. The van der Waals surface area contributed by atoms with Gasteiger partial charge in [0.1, 0.15) is 0 Å². The van der Waals surface area contributed by atoms with Crippen molar-refractivity contribution in [2.24, 2.45) is 0 Å². The van der Waals surface area contributed by atoms with Crippen LogP contribution in [-0.2, 0) is 14.3 Å². The maximum atomic E-state index is 11.8. The van der Waals surface area contributed by atoms with Gasteiger partial charge in [-0.3, -0.25) is 14.4 Å². The van der Waals surface area contributed by atoms with Gasteiger partial charge >= 0.3 is 18.3 Å². The number of thiophene rings is 2. The lowest BCUT2D eigenvalue weighted by Crippen LogP contribution is -2.25. The predicted octanol–water partition coefficient (Wildman–Crippen LogP) is 7.04. The number of hydrogen-bond donors (Lipinski definition) is 0. The molecule has 15 heteroatoms. The van der Waals surface area contributed by atoms with Crippen molar-refractivity contribution in [3.8, 4) is 0 Å². The van der Waals surface area contributed by atoms with Gasteiger partial charge in [-0.15, -0.1) is 22.7 Å². The minimum Gasteiger partial charge on any atom is -0.459 e. The number of ether oxygens (including phenoxy) is 1. The summed E-state index contributed by atoms with van der Waals surface area (Å²) in [4.78, 5) is 43.0. The molecule has 0 aliphatic rings. The summed E-state index contributed by atoms with van der Waals surface area (Å²) in [5.74, 6) is -4.83. The SMILES string of the molecule is CC(=O)c1ccc(Br)s1.CCOC(=O)C(F)(F)F.O=C(CC(=O)C(F)(F)F)c1ccc(Br)s1. The summed E-state index contributed by atoms with van der Waals surface area (Å²) < 4.78 is 74.2. The van der Waals surface area contributed by atoms with Crippen molar-refractivity contribution in [3.05, 3.63) is 41.6 Å². The molecule has 2 heterocycles. The van der Waals surface area contributed by atoms with Crippen molar-refractivity contribution in [1.29, 1.82) is 0 Å². The smallest absolute Gasteiger partial charge is 0.459 e. The number of ketones is 3. The molecular formula is C18H14Br2F6O5S2. The number of carbonyl (C=O) groups excluding carboxylic acids is 4. The normalized spacial score (nSPS) is 10.8. The summed E-state index contributed by atoms with van der Waals surface area (Å²) >= 11 is 8.79. The van der Waals surface area contributed by atoms with E-state index in [1.807, 2.05) is 12.1 Å². The maximum Gasteiger partial charge on any atom is 0.490 e. The molecule has 5 nitrogen and oxygen atoms in total. The van der Waals surface area contributed by atoms with Crippen molar-refractivity contribution in [1.82, 2.24) is 0 Å². The molecule has 2 aromatic rings. The van der Waals surface area contributed by atoms with E-state index in [0.717, 1.165) is 20.0 Å². The van der Waals surface area contributed by atoms with Crippen LogP contribution in [0.1, 0.15) is 39.6 Å². The van der Waals surface area contributed by atoms with Crippen molar-refractivity contribution in [2.45, 2.75) is 32.6 Å². The highest BCUT2D eigenvalue weighted by Crippen LogP contribution is 2.25. The van der Waals surface area contributed by atoms with E-state index in [-0.39, 0.29) is 17.3 Å². The summed E-state index contributed by atoms with van der Waals surface area (Å²) in [6, 6.07) is 6.61. The van der Waals surface area contributed by atoms with Gasteiger partial charge in [0.05, 0.1) is 30.4 Å². The zero-order valence-corrected chi connectivity index (χ0v) is 21.4. The number of rotatable bonds is 5. The summed E-state index contributed by atoms with van der Waals surface area (Å²) in [7, 11) is 0. The van der Waals surface area contributed by atoms with Gasteiger partial charge in [0, 0.05) is 0 Å². The van der Waals surface area contributed by atoms with Crippen molar-refractivity contribution in [2.75, 3.05) is 6.61 Å². The Morgan fingerprint density at radius 1 is 0.848 bits per heavy atom. The summed E-state index contributed by atoms with van der Waals surface area (Å²) in [5, 5.41) is 0. The first-order valence-corrected chi connectivity index (χ1v) is 11.6. The van der Waals surface area contributed by atoms with Crippen LogP contribution < -0.4 is 0 Å². The molecule has 0 atom stereocenters. The lowest BCUT2D eigenvalue weighted by atomic mass is 10.2. The summed E-state index contributed by atoms with van der Waals surface area (Å²) in [5.41, 5.74) is 0. The third-order valence-corrected chi connectivity index (χ3v) is 6.30. The Balaban J connectivity index is 0.000000493. The van der Waals surface area contributed by atoms with Gasteiger partial charge in [0.2, 0.25) is 5.78 Å². The standard InChI is InChI=1S/C8H4BrF3O2S.C6H5BrOS.C4H5F3O2/c9-7-2-1-5(15-7)4(13)3-6(14)8(10,11)12;1-4(8)5-2-3-6(7)9-5;1-2-9-3(8)4(5,6)7/h1-2H,3H2;2-3H,1H3;2H2,1H3. The molecule has 0 saturated heterocycles. The minimum absolute atomic E-state index is 0.130. The third-order valence-electron chi connectivity index (χ3n) is 2.91. The fourth-order valence-corrected chi connectivity index (χ4v) is 4.12. The quantitative estimate of drug-likeness (QED) is 0.151. The zero-order valence-electron chi connectivity index (χ0n) is 16.6. The first-order valence-electron chi connectivity index (χ1n) is 8.37. The maximum absolute atomic E-state index is 11.8. The van der Waals surface area contributed by atoms with Crippen LogP contribution in [0.25, 0.3) is 0 Å². The topological polar surface area (TPSA) is 77.5 Å². The monoisotopic (exact) mass is 646 g/mol. The molecule has 184 valence electrons. The molecule has 0 bridgehead atoms. The highest BCUT2D eigenvalue weighted by Gasteiger charge is 2.40. The molecule has 0 fully saturated rings. The van der Waals surface area contributed by atoms with Gasteiger partial charge in [-0.2, -0.15) is 26.3 Å². The van der Waals surface area contributed by atoms with E-state index in [4.69, 9.17) is 0 Å². The minimum atomic E-state index is -4.94. The summed E-state index contributed by atoms with van der Waals surface area (Å²) in [6.07, 6.45) is -10.9. The number of Topliss-reactive ketones (excluding diaryl/α,β-unsaturated/α-hetero) is 3. The molecule has 2 rings (SSSR count). The molecule has 0 saturated carbocycles. The Hall–Kier alpha value is -1.58. The first-order chi connectivity index (χ1) is 15.0. The molecule has 0 aliphatic carbocycles. The molecule has 0 N–H and O–H groups in total. The van der Waals surface area contributed by atoms with E-state index in [1.165, 1.54) is 30.4 Å². The zero-order chi connectivity index (χ0) is 26.0. The van der Waals surface area contributed by atoms with E-state index in [1.54, 1.807) is 6.92 Å². The van der Waals surface area contributed by atoms with Gasteiger partial charge in [0.25, 0.3) is 0 Å². The van der Waals surface area contributed by atoms with E-state index < -0.39 is 36.3 Å². The molecular weight excluding hydrogens is 634 g/mol. The number of esters is 1. The lowest BCUT2D eigenvalue weighted by molar-refractivity contribution is -0.199. The first kappa shape index (κ1) is 31.4. The fourth-order valence-electron chi connectivity index (χ4n) is 1.51. The molecule has 2 aromatic heterocycles. The third kappa shape index (κ3) is 13.0. The van der Waals surface area contributed by atoms with Gasteiger partial charge in [0.15, 0.2) is 11.6 Å². The molecule has 0 unspecified atom stereocenters. The molecule has 0 aromatic carbocycles. The van der Waals surface area contributed by atoms with Crippen LogP contribution in [0.15, 0.2) is 31.8 Å². The van der Waals surface area contributed by atoms with Gasteiger partial charge in [-0.05, 0) is 70.0 Å². The molecule has 0 spiro atoms. The van der Waals surface area contributed by atoms with E-state index >= 15 is 0 Å². The second-order valence-electron chi connectivity index (χ2n) is 5.50. The van der Waals surface area contributed by atoms with E-state index in [2.05, 4.69) is 36.6 Å². The van der Waals surface area contributed by atoms with Crippen LogP contribution in [0.2, 0.25) is 0 Å². The van der Waals surface area contributed by atoms with Crippen molar-refractivity contribution in [3.63, 3.8) is 0 Å². The van der Waals surface area contributed by atoms with Crippen LogP contribution in [0.5, 0.6) is 0 Å². The van der Waals surface area contributed by atoms with Gasteiger partial charge in [-0.25, -0.2) is 4.79 Å². The average Bonchev–Trinajstić information content (AvgIpc) is 3.30.